The van der Waals surface area contributed by atoms with Gasteiger partial charge < -0.3 is 11.1 Å². The quantitative estimate of drug-likeness (QED) is 0.837. The summed E-state index contributed by atoms with van der Waals surface area (Å²) in [6.07, 6.45) is 2.19. The first-order valence-corrected chi connectivity index (χ1v) is 7.25. The second-order valence-electron chi connectivity index (χ2n) is 5.67. The molecule has 2 amide bonds. The normalized spacial score (nSPS) is 12.3. The number of hydrogen-bond acceptors (Lipinski definition) is 4. The third-order valence-electron chi connectivity index (χ3n) is 3.18. The summed E-state index contributed by atoms with van der Waals surface area (Å²) < 4.78 is 0. The summed E-state index contributed by atoms with van der Waals surface area (Å²) in [5.41, 5.74) is 7.52. The number of benzene rings is 1. The Balaban J connectivity index is 2.12. The number of para-hydroxylation sites is 2. The van der Waals surface area contributed by atoms with E-state index in [1.807, 2.05) is 38.1 Å². The number of fused-ring (bicyclic) bond motifs is 1. The molecule has 116 valence electrons. The van der Waals surface area contributed by atoms with E-state index in [2.05, 4.69) is 15.3 Å². The number of amides is 2. The van der Waals surface area contributed by atoms with Gasteiger partial charge in [0.1, 0.15) is 6.04 Å². The third-order valence-corrected chi connectivity index (χ3v) is 3.18. The fraction of sp³-hybridized carbons (Fsp3) is 0.375. The molecule has 0 spiro atoms. The highest BCUT2D eigenvalue weighted by Crippen LogP contribution is 2.10. The number of rotatable bonds is 6. The predicted molar refractivity (Wildman–Crippen MR) is 83.8 cm³/mol. The standard InChI is InChI=1S/C16H20N4O2/c1-10(2)7-15(21)20-14(16(17)22)8-11-9-18-12-5-3-4-6-13(12)19-11/h3-6,9-10,14H,7-8H2,1-2H3,(H2,17,22)(H,20,21)/t14-/m0/s1. The maximum atomic E-state index is 11.8. The Morgan fingerprint density at radius 2 is 1.91 bits per heavy atom. The van der Waals surface area contributed by atoms with Crippen LogP contribution in [-0.2, 0) is 16.0 Å². The molecule has 0 unspecified atom stereocenters. The van der Waals surface area contributed by atoms with Crippen LogP contribution in [0.4, 0.5) is 0 Å². The lowest BCUT2D eigenvalue weighted by atomic mass is 10.1. The number of nitrogens with two attached hydrogens (primary N) is 1. The Bertz CT molecular complexity index is 685. The van der Waals surface area contributed by atoms with Crippen molar-refractivity contribution in [3.05, 3.63) is 36.2 Å². The number of carbonyl (C=O) groups is 2. The first-order valence-electron chi connectivity index (χ1n) is 7.25. The van der Waals surface area contributed by atoms with Crippen LogP contribution >= 0.6 is 0 Å². The van der Waals surface area contributed by atoms with E-state index in [0.29, 0.717) is 12.1 Å². The third kappa shape index (κ3) is 4.25. The zero-order valence-corrected chi connectivity index (χ0v) is 12.7. The molecule has 0 saturated carbocycles. The molecule has 0 fully saturated rings. The maximum Gasteiger partial charge on any atom is 0.240 e. The Hall–Kier alpha value is -2.50. The lowest BCUT2D eigenvalue weighted by molar-refractivity contribution is -0.127. The molecule has 3 N–H and O–H groups in total. The molecule has 0 aliphatic carbocycles. The molecule has 1 heterocycles. The van der Waals surface area contributed by atoms with Gasteiger partial charge in [0.15, 0.2) is 0 Å². The van der Waals surface area contributed by atoms with E-state index in [0.717, 1.165) is 11.0 Å². The van der Waals surface area contributed by atoms with Gasteiger partial charge in [0, 0.05) is 19.0 Å². The topological polar surface area (TPSA) is 98.0 Å². The van der Waals surface area contributed by atoms with Crippen molar-refractivity contribution in [3.63, 3.8) is 0 Å². The highest BCUT2D eigenvalue weighted by molar-refractivity contribution is 5.86. The van der Waals surface area contributed by atoms with E-state index >= 15 is 0 Å². The van der Waals surface area contributed by atoms with Gasteiger partial charge in [-0.25, -0.2) is 4.98 Å². The van der Waals surface area contributed by atoms with Crippen molar-refractivity contribution in [1.29, 1.82) is 0 Å². The average molecular weight is 300 g/mol. The van der Waals surface area contributed by atoms with Crippen molar-refractivity contribution in [2.75, 3.05) is 0 Å². The van der Waals surface area contributed by atoms with Crippen LogP contribution in [0.15, 0.2) is 30.5 Å². The zero-order chi connectivity index (χ0) is 16.1. The molecule has 1 aromatic carbocycles. The lowest BCUT2D eigenvalue weighted by Gasteiger charge is -2.16. The minimum absolute atomic E-state index is 0.187. The van der Waals surface area contributed by atoms with E-state index < -0.39 is 11.9 Å². The highest BCUT2D eigenvalue weighted by atomic mass is 16.2. The summed E-state index contributed by atoms with van der Waals surface area (Å²) in [6, 6.07) is 6.69. The predicted octanol–water partition coefficient (Wildman–Crippen LogP) is 1.19. The van der Waals surface area contributed by atoms with Crippen LogP contribution < -0.4 is 11.1 Å². The monoisotopic (exact) mass is 300 g/mol. The van der Waals surface area contributed by atoms with Crippen molar-refractivity contribution in [2.45, 2.75) is 32.7 Å². The smallest absolute Gasteiger partial charge is 0.240 e. The minimum Gasteiger partial charge on any atom is -0.368 e. The Kier molecular flexibility index (Phi) is 5.04. The number of nitrogens with zero attached hydrogens (tertiary/aromatic N) is 2. The van der Waals surface area contributed by atoms with E-state index in [-0.39, 0.29) is 18.2 Å². The molecule has 6 heteroatoms. The maximum absolute atomic E-state index is 11.8. The summed E-state index contributed by atoms with van der Waals surface area (Å²) in [7, 11) is 0. The molecule has 1 aromatic heterocycles. The number of aromatic nitrogens is 2. The van der Waals surface area contributed by atoms with E-state index in [4.69, 9.17) is 5.73 Å². The Morgan fingerprint density at radius 3 is 2.55 bits per heavy atom. The summed E-state index contributed by atoms with van der Waals surface area (Å²) in [6.45, 7) is 3.88. The van der Waals surface area contributed by atoms with Crippen molar-refractivity contribution < 1.29 is 9.59 Å². The molecular formula is C16H20N4O2. The molecule has 22 heavy (non-hydrogen) atoms. The van der Waals surface area contributed by atoms with Crippen molar-refractivity contribution in [3.8, 4) is 0 Å². The number of primary amides is 1. The first-order chi connectivity index (χ1) is 10.5. The molecular weight excluding hydrogens is 280 g/mol. The average Bonchev–Trinajstić information content (AvgIpc) is 2.45. The molecule has 1 atom stereocenters. The zero-order valence-electron chi connectivity index (χ0n) is 12.7. The second kappa shape index (κ2) is 6.98. The van der Waals surface area contributed by atoms with Crippen LogP contribution in [0.5, 0.6) is 0 Å². The van der Waals surface area contributed by atoms with E-state index in [1.165, 1.54) is 0 Å². The molecule has 0 aliphatic heterocycles. The van der Waals surface area contributed by atoms with Gasteiger partial charge in [-0.1, -0.05) is 26.0 Å². The van der Waals surface area contributed by atoms with Crippen molar-refractivity contribution in [1.82, 2.24) is 15.3 Å². The molecule has 0 aliphatic rings. The first kappa shape index (κ1) is 15.9. The van der Waals surface area contributed by atoms with E-state index in [1.54, 1.807) is 6.20 Å². The summed E-state index contributed by atoms with van der Waals surface area (Å²) >= 11 is 0. The molecule has 0 radical (unpaired) electrons. The van der Waals surface area contributed by atoms with Gasteiger partial charge in [-0.15, -0.1) is 0 Å². The fourth-order valence-corrected chi connectivity index (χ4v) is 2.15. The van der Waals surface area contributed by atoms with Gasteiger partial charge in [-0.2, -0.15) is 0 Å². The molecule has 2 aromatic rings. The van der Waals surface area contributed by atoms with Gasteiger partial charge in [-0.3, -0.25) is 14.6 Å². The largest absolute Gasteiger partial charge is 0.368 e. The summed E-state index contributed by atoms with van der Waals surface area (Å²) in [5.74, 6) is -0.548. The van der Waals surface area contributed by atoms with Crippen LogP contribution in [-0.4, -0.2) is 27.8 Å². The minimum atomic E-state index is -0.776. The van der Waals surface area contributed by atoms with Gasteiger partial charge in [-0.05, 0) is 18.1 Å². The molecule has 6 nitrogen and oxygen atoms in total. The Labute approximate surface area is 129 Å². The summed E-state index contributed by atoms with van der Waals surface area (Å²) in [4.78, 5) is 32.1. The lowest BCUT2D eigenvalue weighted by Crippen LogP contribution is -2.46. The van der Waals surface area contributed by atoms with Gasteiger partial charge in [0.25, 0.3) is 0 Å². The number of carbonyl (C=O) groups excluding carboxylic acids is 2. The van der Waals surface area contributed by atoms with Crippen LogP contribution in [0.2, 0.25) is 0 Å². The fourth-order valence-electron chi connectivity index (χ4n) is 2.15. The van der Waals surface area contributed by atoms with Gasteiger partial charge in [0.05, 0.1) is 16.7 Å². The summed E-state index contributed by atoms with van der Waals surface area (Å²) in [5, 5.41) is 2.66. The van der Waals surface area contributed by atoms with Gasteiger partial charge in [0.2, 0.25) is 11.8 Å². The van der Waals surface area contributed by atoms with Crippen LogP contribution in [0, 0.1) is 5.92 Å². The van der Waals surface area contributed by atoms with E-state index in [9.17, 15) is 9.59 Å². The number of hydrogen-bond donors (Lipinski definition) is 2. The van der Waals surface area contributed by atoms with Crippen molar-refractivity contribution in [2.24, 2.45) is 11.7 Å². The van der Waals surface area contributed by atoms with Crippen LogP contribution in [0.25, 0.3) is 11.0 Å². The van der Waals surface area contributed by atoms with Crippen LogP contribution in [0.1, 0.15) is 26.0 Å². The SMILES string of the molecule is CC(C)CC(=O)N[C@@H](Cc1cnc2ccccc2n1)C(N)=O. The second-order valence-corrected chi connectivity index (χ2v) is 5.67. The van der Waals surface area contributed by atoms with Crippen LogP contribution in [0.3, 0.4) is 0 Å². The molecule has 2 rings (SSSR count). The molecule has 0 bridgehead atoms. The van der Waals surface area contributed by atoms with Gasteiger partial charge >= 0.3 is 0 Å². The van der Waals surface area contributed by atoms with Crippen molar-refractivity contribution >= 4 is 22.8 Å². The highest BCUT2D eigenvalue weighted by Gasteiger charge is 2.20. The Morgan fingerprint density at radius 1 is 1.23 bits per heavy atom. The number of nitrogens with one attached hydrogen (secondary N) is 1. The molecule has 0 saturated heterocycles.